The van der Waals surface area contributed by atoms with E-state index in [0.29, 0.717) is 17.8 Å². The van der Waals surface area contributed by atoms with Gasteiger partial charge in [0.25, 0.3) is 0 Å². The van der Waals surface area contributed by atoms with Crippen LogP contribution in [0.3, 0.4) is 0 Å². The molecule has 0 aromatic heterocycles. The molecule has 0 saturated carbocycles. The van der Waals surface area contributed by atoms with E-state index < -0.39 is 0 Å². The van der Waals surface area contributed by atoms with Crippen molar-refractivity contribution in [3.05, 3.63) is 94.3 Å². The van der Waals surface area contributed by atoms with Crippen molar-refractivity contribution in [1.29, 1.82) is 0 Å². The molecule has 0 aliphatic heterocycles. The first-order valence-electron chi connectivity index (χ1n) is 11.9. The van der Waals surface area contributed by atoms with Gasteiger partial charge in [-0.3, -0.25) is 0 Å². The van der Waals surface area contributed by atoms with Crippen LogP contribution in [0.15, 0.2) is 77.6 Å². The van der Waals surface area contributed by atoms with Crippen LogP contribution < -0.4 is 5.32 Å². The number of hydrogen-bond donors (Lipinski definition) is 1. The molecule has 0 heterocycles. The van der Waals surface area contributed by atoms with Crippen LogP contribution in [0, 0.1) is 30.1 Å². The molecule has 168 valence electrons. The predicted molar refractivity (Wildman–Crippen MR) is 141 cm³/mol. The first kappa shape index (κ1) is 22.6. The van der Waals surface area contributed by atoms with Crippen molar-refractivity contribution in [2.75, 3.05) is 5.32 Å². The molecule has 0 bridgehead atoms. The lowest BCUT2D eigenvalue weighted by Gasteiger charge is -2.53. The first-order valence-corrected chi connectivity index (χ1v) is 11.9. The Hall–Kier alpha value is -2.54. The number of anilines is 1. The Morgan fingerprint density at radius 3 is 2.31 bits per heavy atom. The van der Waals surface area contributed by atoms with Crippen molar-refractivity contribution < 1.29 is 0 Å². The maximum Gasteiger partial charge on any atom is 0.0417 e. The number of rotatable bonds is 3. The lowest BCUT2D eigenvalue weighted by Crippen LogP contribution is -2.43. The number of fused-ring (bicyclic) bond motifs is 3. The molecule has 0 amide bonds. The Morgan fingerprint density at radius 1 is 1.06 bits per heavy atom. The van der Waals surface area contributed by atoms with Crippen LogP contribution in [0.5, 0.6) is 0 Å². The Morgan fingerprint density at radius 2 is 1.72 bits per heavy atom. The van der Waals surface area contributed by atoms with Crippen molar-refractivity contribution in [2.45, 2.75) is 61.3 Å². The molecular formula is C31H39N. The van der Waals surface area contributed by atoms with Gasteiger partial charge in [0.05, 0.1) is 0 Å². The van der Waals surface area contributed by atoms with Crippen LogP contribution >= 0.6 is 0 Å². The van der Waals surface area contributed by atoms with Crippen LogP contribution in [0.1, 0.15) is 64.7 Å². The molecule has 4 unspecified atom stereocenters. The summed E-state index contributed by atoms with van der Waals surface area (Å²) in [4.78, 5) is 0. The van der Waals surface area contributed by atoms with Gasteiger partial charge in [0, 0.05) is 17.3 Å². The van der Waals surface area contributed by atoms with Gasteiger partial charge >= 0.3 is 0 Å². The summed E-state index contributed by atoms with van der Waals surface area (Å²) in [5, 5.41) is 3.44. The summed E-state index contributed by atoms with van der Waals surface area (Å²) in [6, 6.07) is 4.51. The molecule has 1 N–H and O–H groups in total. The van der Waals surface area contributed by atoms with E-state index in [-0.39, 0.29) is 5.41 Å². The van der Waals surface area contributed by atoms with Gasteiger partial charge in [0.2, 0.25) is 0 Å². The maximum absolute atomic E-state index is 4.70. The molecule has 0 spiro atoms. The third-order valence-corrected chi connectivity index (χ3v) is 8.51. The monoisotopic (exact) mass is 425 g/mol. The van der Waals surface area contributed by atoms with Gasteiger partial charge in [-0.05, 0) is 110 Å². The fourth-order valence-electron chi connectivity index (χ4n) is 7.25. The molecule has 0 radical (unpaired) electrons. The van der Waals surface area contributed by atoms with E-state index in [2.05, 4.69) is 78.7 Å². The number of hydrogen-bond acceptors (Lipinski definition) is 1. The predicted octanol–water partition coefficient (Wildman–Crippen LogP) is 8.57. The highest BCUT2D eigenvalue weighted by atomic mass is 14.9. The van der Waals surface area contributed by atoms with Crippen molar-refractivity contribution in [2.24, 2.45) is 23.2 Å². The second-order valence-electron chi connectivity index (χ2n) is 10.9. The minimum atomic E-state index is 0.112. The standard InChI is InChI=1S/C31H39N/c1-16(2)27-19(6)18(5)25-15-31(11)14-24-12-13-26(32-17(3)4)20(7)28(24)22(9)30(31)23(10)29(25)21(27)8/h12-13,18,25,29,32H,1,3,8-9,14-15H2,2,4-7,10-11H3. The largest absolute Gasteiger partial charge is 0.359 e. The Kier molecular flexibility index (Phi) is 5.31. The van der Waals surface area contributed by atoms with Crippen LogP contribution in [0.2, 0.25) is 0 Å². The first-order chi connectivity index (χ1) is 14.9. The van der Waals surface area contributed by atoms with E-state index >= 15 is 0 Å². The van der Waals surface area contributed by atoms with E-state index in [1.54, 1.807) is 0 Å². The van der Waals surface area contributed by atoms with Gasteiger partial charge < -0.3 is 5.32 Å². The molecule has 4 atom stereocenters. The third-order valence-electron chi connectivity index (χ3n) is 8.51. The van der Waals surface area contributed by atoms with Crippen molar-refractivity contribution in [3.63, 3.8) is 0 Å². The highest BCUT2D eigenvalue weighted by Gasteiger charge is 2.50. The van der Waals surface area contributed by atoms with E-state index in [9.17, 15) is 0 Å². The van der Waals surface area contributed by atoms with Gasteiger partial charge in [0.1, 0.15) is 0 Å². The topological polar surface area (TPSA) is 12.0 Å². The van der Waals surface area contributed by atoms with Crippen molar-refractivity contribution in [1.82, 2.24) is 0 Å². The van der Waals surface area contributed by atoms with Crippen LogP contribution in [-0.4, -0.2) is 0 Å². The summed E-state index contributed by atoms with van der Waals surface area (Å²) < 4.78 is 0. The second-order valence-corrected chi connectivity index (χ2v) is 10.9. The minimum Gasteiger partial charge on any atom is -0.359 e. The summed E-state index contributed by atoms with van der Waals surface area (Å²) in [6.07, 6.45) is 2.25. The number of allylic oxidation sites excluding steroid dienone is 8. The number of benzene rings is 1. The molecule has 1 heteroatoms. The molecular weight excluding hydrogens is 386 g/mol. The SMILES string of the molecule is C=C(C)Nc1ccc2c(c1C)C(=C)C1=C(C)C3C(=C)C(C(=C)C)=C(C)C(C)C3CC1(C)C2. The third kappa shape index (κ3) is 3.12. The molecule has 3 aliphatic carbocycles. The quantitative estimate of drug-likeness (QED) is 0.511. The molecule has 0 saturated heterocycles. The van der Waals surface area contributed by atoms with Gasteiger partial charge in [-0.25, -0.2) is 0 Å². The molecule has 3 aliphatic rings. The highest BCUT2D eigenvalue weighted by molar-refractivity contribution is 5.88. The van der Waals surface area contributed by atoms with Crippen LogP contribution in [0.4, 0.5) is 5.69 Å². The molecule has 0 fully saturated rings. The fraction of sp³-hybridized carbons (Fsp3) is 0.419. The highest BCUT2D eigenvalue weighted by Crippen LogP contribution is 2.61. The summed E-state index contributed by atoms with van der Waals surface area (Å²) in [6.45, 7) is 33.5. The Balaban J connectivity index is 1.90. The molecule has 1 nitrogen and oxygen atoms in total. The summed E-state index contributed by atoms with van der Waals surface area (Å²) in [5.41, 5.74) is 15.5. The Bertz CT molecular complexity index is 1150. The summed E-state index contributed by atoms with van der Waals surface area (Å²) >= 11 is 0. The summed E-state index contributed by atoms with van der Waals surface area (Å²) in [7, 11) is 0. The van der Waals surface area contributed by atoms with E-state index in [0.717, 1.165) is 23.4 Å². The zero-order chi connectivity index (χ0) is 23.7. The fourth-order valence-corrected chi connectivity index (χ4v) is 7.25. The summed E-state index contributed by atoms with van der Waals surface area (Å²) in [5.74, 6) is 1.49. The zero-order valence-electron chi connectivity index (χ0n) is 21.1. The maximum atomic E-state index is 4.70. The Labute approximate surface area is 195 Å². The lowest BCUT2D eigenvalue weighted by atomic mass is 9.51. The van der Waals surface area contributed by atoms with Gasteiger partial charge in [-0.15, -0.1) is 0 Å². The molecule has 4 rings (SSSR count). The van der Waals surface area contributed by atoms with E-state index in [1.807, 2.05) is 6.92 Å². The van der Waals surface area contributed by atoms with Crippen LogP contribution in [-0.2, 0) is 6.42 Å². The minimum absolute atomic E-state index is 0.112. The normalized spacial score (nSPS) is 29.4. The van der Waals surface area contributed by atoms with Gasteiger partial charge in [0.15, 0.2) is 0 Å². The van der Waals surface area contributed by atoms with E-state index in [1.165, 1.54) is 56.5 Å². The van der Waals surface area contributed by atoms with Crippen molar-refractivity contribution >= 4 is 11.3 Å². The zero-order valence-corrected chi connectivity index (χ0v) is 21.1. The average Bonchev–Trinajstić information content (AvgIpc) is 2.67. The number of nitrogens with one attached hydrogen (secondary N) is 1. The second kappa shape index (κ2) is 7.51. The average molecular weight is 426 g/mol. The molecule has 1 aromatic carbocycles. The smallest absolute Gasteiger partial charge is 0.0417 e. The lowest BCUT2D eigenvalue weighted by molar-refractivity contribution is 0.181. The molecule has 1 aromatic rings. The van der Waals surface area contributed by atoms with E-state index in [4.69, 9.17) is 6.58 Å². The van der Waals surface area contributed by atoms with Gasteiger partial charge in [-0.1, -0.05) is 62.9 Å². The van der Waals surface area contributed by atoms with Crippen molar-refractivity contribution in [3.8, 4) is 0 Å². The van der Waals surface area contributed by atoms with Gasteiger partial charge in [-0.2, -0.15) is 0 Å². The molecule has 32 heavy (non-hydrogen) atoms. The van der Waals surface area contributed by atoms with Crippen LogP contribution in [0.25, 0.3) is 5.57 Å².